The molecule has 3 aliphatic rings. The summed E-state index contributed by atoms with van der Waals surface area (Å²) < 4.78 is 51.9. The van der Waals surface area contributed by atoms with Crippen molar-refractivity contribution in [1.82, 2.24) is 34.2 Å². The second kappa shape index (κ2) is 13.1. The lowest BCUT2D eigenvalue weighted by Gasteiger charge is -2.26. The van der Waals surface area contributed by atoms with Crippen molar-refractivity contribution in [2.45, 2.75) is 63.2 Å². The zero-order valence-corrected chi connectivity index (χ0v) is 26.8. The molecule has 0 radical (unpaired) electrons. The summed E-state index contributed by atoms with van der Waals surface area (Å²) in [6, 6.07) is 5.19. The number of nitrogens with one attached hydrogen (secondary N) is 3. The van der Waals surface area contributed by atoms with E-state index in [9.17, 15) is 29.2 Å². The molecular formula is C28H33N8O12P. The van der Waals surface area contributed by atoms with Gasteiger partial charge in [0.1, 0.15) is 30.8 Å². The van der Waals surface area contributed by atoms with Crippen molar-refractivity contribution in [2.24, 2.45) is 0 Å². The smallest absolute Gasteiger partial charge is 0.406 e. The van der Waals surface area contributed by atoms with Gasteiger partial charge in [0.2, 0.25) is 12.7 Å². The molecule has 21 heteroatoms. The molecule has 1 aromatic carbocycles. The van der Waals surface area contributed by atoms with Crippen molar-refractivity contribution in [3.63, 3.8) is 0 Å². The number of nitrogens with two attached hydrogens (primary N) is 1. The Labute approximate surface area is 275 Å². The summed E-state index contributed by atoms with van der Waals surface area (Å²) in [5.74, 6) is 0.823. The molecule has 4 aromatic rings. The number of para-hydroxylation sites is 1. The maximum atomic E-state index is 14.5. The lowest BCUT2D eigenvalue weighted by molar-refractivity contribution is -0.0523. The van der Waals surface area contributed by atoms with Gasteiger partial charge >= 0.3 is 13.4 Å². The van der Waals surface area contributed by atoms with Gasteiger partial charge in [0.15, 0.2) is 22.7 Å². The fourth-order valence-corrected chi connectivity index (χ4v) is 7.42. The lowest BCUT2D eigenvalue weighted by atomic mass is 10.2. The third-order valence-corrected chi connectivity index (χ3v) is 9.99. The molecule has 0 spiro atoms. The molecular weight excluding hydrogens is 671 g/mol. The van der Waals surface area contributed by atoms with E-state index in [1.54, 1.807) is 18.2 Å². The normalized spacial score (nSPS) is 26.0. The zero-order valence-electron chi connectivity index (χ0n) is 25.9. The van der Waals surface area contributed by atoms with E-state index in [0.717, 1.165) is 4.57 Å². The standard InChI is InChI=1S/C28H33N8O12P/c1-13-8-35(28(41)34-25(13)39)20-5-15(38)19(47-20)10-45-49(42,31-7-14-3-2-4-16-23(14)44-12-43-16)48-17-6-21(46-18(17)9-37)36-11-30-22-24(36)32-27(29)33-26(22)40/h2-4,8,11,15,17-21,37-38H,5-7,9-10,12H2,1H3,(H,31,42)(H,34,39,41)(H3,29,32,33,40)/t15?,17?,18-,19-,20-,21-,49?/m1/s1. The van der Waals surface area contributed by atoms with E-state index in [1.807, 2.05) is 0 Å². The van der Waals surface area contributed by atoms with Crippen LogP contribution >= 0.6 is 7.75 Å². The molecule has 0 saturated carbocycles. The van der Waals surface area contributed by atoms with Crippen LogP contribution in [0.3, 0.4) is 0 Å². The summed E-state index contributed by atoms with van der Waals surface area (Å²) in [6.45, 7) is 0.509. The Morgan fingerprint density at radius 3 is 2.71 bits per heavy atom. The number of ether oxygens (including phenoxy) is 4. The number of imidazole rings is 1. The molecule has 7 N–H and O–H groups in total. The Bertz CT molecular complexity index is 2100. The quantitative estimate of drug-likeness (QED) is 0.108. The minimum atomic E-state index is -4.33. The largest absolute Gasteiger partial charge is 0.454 e. The van der Waals surface area contributed by atoms with Gasteiger partial charge in [-0.25, -0.2) is 19.4 Å². The van der Waals surface area contributed by atoms with Gasteiger partial charge in [0, 0.05) is 36.7 Å². The number of rotatable bonds is 11. The first-order valence-corrected chi connectivity index (χ1v) is 16.8. The molecule has 0 bridgehead atoms. The second-order valence-corrected chi connectivity index (χ2v) is 13.4. The number of nitrogens with zero attached hydrogens (tertiary/aromatic N) is 4. The van der Waals surface area contributed by atoms with Crippen molar-refractivity contribution >= 4 is 24.9 Å². The van der Waals surface area contributed by atoms with Crippen LogP contribution in [-0.4, -0.2) is 83.7 Å². The van der Waals surface area contributed by atoms with E-state index < -0.39 is 74.6 Å². The number of aliphatic hydroxyl groups is 2. The highest BCUT2D eigenvalue weighted by Gasteiger charge is 2.44. The molecule has 2 fully saturated rings. The van der Waals surface area contributed by atoms with Crippen molar-refractivity contribution in [3.05, 3.63) is 73.0 Å². The maximum absolute atomic E-state index is 14.5. The molecule has 20 nitrogen and oxygen atoms in total. The van der Waals surface area contributed by atoms with Crippen LogP contribution < -0.4 is 37.1 Å². The molecule has 262 valence electrons. The molecule has 3 unspecified atom stereocenters. The fourth-order valence-electron chi connectivity index (χ4n) is 5.91. The topological polar surface area (TPSA) is 269 Å². The van der Waals surface area contributed by atoms with Crippen LogP contribution in [0, 0.1) is 6.92 Å². The molecule has 2 saturated heterocycles. The van der Waals surface area contributed by atoms with Crippen LogP contribution in [-0.2, 0) is 29.6 Å². The first kappa shape index (κ1) is 33.1. The maximum Gasteiger partial charge on any atom is 0.406 e. The van der Waals surface area contributed by atoms with Crippen molar-refractivity contribution < 1.29 is 42.8 Å². The third kappa shape index (κ3) is 6.52. The Hall–Kier alpha value is -4.40. The Kier molecular flexibility index (Phi) is 8.88. The second-order valence-electron chi connectivity index (χ2n) is 11.7. The van der Waals surface area contributed by atoms with E-state index in [0.29, 0.717) is 17.1 Å². The number of H-pyrrole nitrogens is 2. The average Bonchev–Trinajstić information content (AvgIpc) is 3.87. The predicted molar refractivity (Wildman–Crippen MR) is 167 cm³/mol. The SMILES string of the molecule is Cc1cn([C@H]2CC(O)[C@@H](COP(=O)(NCc3cccc4c3OCO4)OC3C[C@H](n4cnc5c(=O)[nH]c(N)nc54)O[C@@H]3CO)O2)c(=O)[nH]c1=O. The van der Waals surface area contributed by atoms with E-state index in [4.69, 9.17) is 33.7 Å². The number of aromatic nitrogens is 6. The average molecular weight is 705 g/mol. The number of hydrogen-bond acceptors (Lipinski definition) is 15. The monoisotopic (exact) mass is 704 g/mol. The summed E-state index contributed by atoms with van der Waals surface area (Å²) >= 11 is 0. The van der Waals surface area contributed by atoms with E-state index in [2.05, 4.69) is 25.0 Å². The van der Waals surface area contributed by atoms with Gasteiger partial charge in [-0.05, 0) is 13.0 Å². The number of anilines is 1. The highest BCUT2D eigenvalue weighted by molar-refractivity contribution is 7.51. The van der Waals surface area contributed by atoms with E-state index in [-0.39, 0.29) is 48.9 Å². The fraction of sp³-hybridized carbons (Fsp3) is 0.464. The van der Waals surface area contributed by atoms with Crippen LogP contribution in [0.5, 0.6) is 11.5 Å². The van der Waals surface area contributed by atoms with Crippen LogP contribution in [0.2, 0.25) is 0 Å². The molecule has 7 rings (SSSR count). The molecule has 3 aliphatic heterocycles. The summed E-state index contributed by atoms with van der Waals surface area (Å²) in [7, 11) is -4.33. The van der Waals surface area contributed by atoms with E-state index >= 15 is 0 Å². The van der Waals surface area contributed by atoms with Gasteiger partial charge in [-0.3, -0.25) is 37.7 Å². The summed E-state index contributed by atoms with van der Waals surface area (Å²) in [6.07, 6.45) is -3.31. The summed E-state index contributed by atoms with van der Waals surface area (Å²) in [5.41, 5.74) is 4.95. The highest BCUT2D eigenvalue weighted by atomic mass is 31.2. The summed E-state index contributed by atoms with van der Waals surface area (Å²) in [4.78, 5) is 49.4. The number of nitrogen functional groups attached to an aromatic ring is 1. The third-order valence-electron chi connectivity index (χ3n) is 8.41. The lowest BCUT2D eigenvalue weighted by Crippen LogP contribution is -2.33. The first-order chi connectivity index (χ1) is 23.5. The Morgan fingerprint density at radius 1 is 1.10 bits per heavy atom. The van der Waals surface area contributed by atoms with Crippen molar-refractivity contribution in [1.29, 1.82) is 0 Å². The number of fused-ring (bicyclic) bond motifs is 2. The van der Waals surface area contributed by atoms with Crippen LogP contribution in [0.1, 0.15) is 36.4 Å². The van der Waals surface area contributed by atoms with Crippen molar-refractivity contribution in [2.75, 3.05) is 25.7 Å². The predicted octanol–water partition coefficient (Wildman–Crippen LogP) is -0.483. The number of benzene rings is 1. The highest BCUT2D eigenvalue weighted by Crippen LogP contribution is 2.50. The van der Waals surface area contributed by atoms with E-state index in [1.165, 1.54) is 24.0 Å². The van der Waals surface area contributed by atoms with Gasteiger partial charge in [0.05, 0.1) is 25.6 Å². The van der Waals surface area contributed by atoms with Crippen LogP contribution in [0.4, 0.5) is 5.95 Å². The van der Waals surface area contributed by atoms with Crippen LogP contribution in [0.15, 0.2) is 45.1 Å². The molecule has 0 amide bonds. The number of aromatic amines is 2. The minimum Gasteiger partial charge on any atom is -0.454 e. The molecule has 7 atom stereocenters. The number of aryl methyl sites for hydroxylation is 1. The van der Waals surface area contributed by atoms with Crippen LogP contribution in [0.25, 0.3) is 11.2 Å². The molecule has 6 heterocycles. The van der Waals surface area contributed by atoms with Gasteiger partial charge in [-0.1, -0.05) is 12.1 Å². The number of hydrogen-bond donors (Lipinski definition) is 6. The van der Waals surface area contributed by atoms with Gasteiger partial charge in [-0.2, -0.15) is 4.98 Å². The van der Waals surface area contributed by atoms with Gasteiger partial charge in [-0.15, -0.1) is 0 Å². The van der Waals surface area contributed by atoms with Gasteiger partial charge in [0.25, 0.3) is 11.1 Å². The minimum absolute atomic E-state index is 0.0152. The van der Waals surface area contributed by atoms with Crippen molar-refractivity contribution in [3.8, 4) is 11.5 Å². The number of aliphatic hydroxyl groups excluding tert-OH is 2. The van der Waals surface area contributed by atoms with Gasteiger partial charge < -0.3 is 34.9 Å². The molecule has 49 heavy (non-hydrogen) atoms. The first-order valence-electron chi connectivity index (χ1n) is 15.2. The summed E-state index contributed by atoms with van der Waals surface area (Å²) in [5, 5.41) is 23.8. The molecule has 3 aromatic heterocycles. The Morgan fingerprint density at radius 2 is 1.90 bits per heavy atom. The Balaban J connectivity index is 1.11. The zero-order chi connectivity index (χ0) is 34.4. The molecule has 0 aliphatic carbocycles.